The van der Waals surface area contributed by atoms with Crippen molar-refractivity contribution in [3.05, 3.63) is 59.2 Å². The summed E-state index contributed by atoms with van der Waals surface area (Å²) in [5.74, 6) is 2.22. The lowest BCUT2D eigenvalue weighted by Gasteiger charge is -2.17. The molecule has 4 heteroatoms. The van der Waals surface area contributed by atoms with E-state index >= 15 is 0 Å². The molecule has 1 aromatic heterocycles. The van der Waals surface area contributed by atoms with Gasteiger partial charge in [-0.2, -0.15) is 0 Å². The number of nitrogens with zero attached hydrogens (tertiary/aromatic N) is 3. The predicted octanol–water partition coefficient (Wildman–Crippen LogP) is 4.16. The molecule has 22 heavy (non-hydrogen) atoms. The minimum Gasteiger partial charge on any atom is -0.317 e. The van der Waals surface area contributed by atoms with Gasteiger partial charge in [0, 0.05) is 17.5 Å². The van der Waals surface area contributed by atoms with Crippen LogP contribution in [-0.2, 0) is 17.9 Å². The molecule has 2 fully saturated rings. The molecule has 0 saturated heterocycles. The minimum atomic E-state index is 0.0366. The van der Waals surface area contributed by atoms with Crippen molar-refractivity contribution in [3.63, 3.8) is 0 Å². The van der Waals surface area contributed by atoms with Gasteiger partial charge in [-0.15, -0.1) is 16.8 Å². The molecule has 0 amide bonds. The normalized spacial score (nSPS) is 20.6. The molecule has 0 spiro atoms. The highest BCUT2D eigenvalue weighted by molar-refractivity contribution is 6.30. The number of aromatic nitrogens is 3. The maximum absolute atomic E-state index is 6.02. The van der Waals surface area contributed by atoms with Gasteiger partial charge in [0.15, 0.2) is 0 Å². The fourth-order valence-electron chi connectivity index (χ4n) is 3.69. The summed E-state index contributed by atoms with van der Waals surface area (Å²) in [5, 5.41) is 9.92. The summed E-state index contributed by atoms with van der Waals surface area (Å²) in [6.07, 6.45) is 7.66. The van der Waals surface area contributed by atoms with E-state index in [0.717, 1.165) is 35.9 Å². The van der Waals surface area contributed by atoms with Crippen molar-refractivity contribution < 1.29 is 0 Å². The molecule has 2 aromatic rings. The van der Waals surface area contributed by atoms with Gasteiger partial charge in [0.25, 0.3) is 0 Å². The van der Waals surface area contributed by atoms with Crippen molar-refractivity contribution in [2.45, 2.75) is 42.9 Å². The van der Waals surface area contributed by atoms with E-state index in [1.54, 1.807) is 0 Å². The third-order valence-electron chi connectivity index (χ3n) is 5.31. The first-order chi connectivity index (χ1) is 10.6. The Hall–Kier alpha value is -1.61. The van der Waals surface area contributed by atoms with Crippen LogP contribution in [0.3, 0.4) is 0 Å². The van der Waals surface area contributed by atoms with E-state index in [1.165, 1.54) is 18.4 Å². The monoisotopic (exact) mass is 313 g/mol. The number of hydrogen-bond acceptors (Lipinski definition) is 2. The van der Waals surface area contributed by atoms with Crippen molar-refractivity contribution in [2.24, 2.45) is 7.05 Å². The molecule has 0 N–H and O–H groups in total. The van der Waals surface area contributed by atoms with Gasteiger partial charge >= 0.3 is 0 Å². The fourth-order valence-corrected chi connectivity index (χ4v) is 3.82. The van der Waals surface area contributed by atoms with Crippen LogP contribution < -0.4 is 0 Å². The number of rotatable bonds is 5. The van der Waals surface area contributed by atoms with Gasteiger partial charge < -0.3 is 4.57 Å². The van der Waals surface area contributed by atoms with Crippen molar-refractivity contribution >= 4 is 11.6 Å². The molecule has 0 radical (unpaired) electrons. The van der Waals surface area contributed by atoms with Crippen LogP contribution >= 0.6 is 11.6 Å². The Bertz CT molecular complexity index is 721. The SMILES string of the molecule is C=CCC1(c2nnc(C3(c4ccc(Cl)cc4)CC3)n2C)CC1. The summed E-state index contributed by atoms with van der Waals surface area (Å²) in [7, 11) is 2.11. The summed E-state index contributed by atoms with van der Waals surface area (Å²) >= 11 is 6.02. The zero-order valence-electron chi connectivity index (χ0n) is 12.8. The van der Waals surface area contributed by atoms with Gasteiger partial charge in [-0.3, -0.25) is 0 Å². The second-order valence-electron chi connectivity index (χ2n) is 6.77. The zero-order chi connectivity index (χ0) is 15.4. The van der Waals surface area contributed by atoms with Crippen LogP contribution in [0.15, 0.2) is 36.9 Å². The third-order valence-corrected chi connectivity index (χ3v) is 5.56. The van der Waals surface area contributed by atoms with Crippen LogP contribution in [0.25, 0.3) is 0 Å². The molecule has 1 aromatic carbocycles. The van der Waals surface area contributed by atoms with Gasteiger partial charge in [0.1, 0.15) is 11.6 Å². The summed E-state index contributed by atoms with van der Waals surface area (Å²) in [6.45, 7) is 3.89. The van der Waals surface area contributed by atoms with Gasteiger partial charge in [0.05, 0.1) is 5.41 Å². The Morgan fingerprint density at radius 3 is 2.32 bits per heavy atom. The highest BCUT2D eigenvalue weighted by Gasteiger charge is 2.53. The van der Waals surface area contributed by atoms with Crippen LogP contribution in [0.1, 0.15) is 49.3 Å². The van der Waals surface area contributed by atoms with Crippen molar-refractivity contribution in [3.8, 4) is 0 Å². The summed E-state index contributed by atoms with van der Waals surface area (Å²) in [5.41, 5.74) is 1.53. The number of benzene rings is 1. The molecule has 2 aliphatic rings. The van der Waals surface area contributed by atoms with E-state index < -0.39 is 0 Å². The third kappa shape index (κ3) is 1.95. The van der Waals surface area contributed by atoms with Crippen molar-refractivity contribution in [1.29, 1.82) is 0 Å². The Balaban J connectivity index is 1.73. The van der Waals surface area contributed by atoms with E-state index in [0.29, 0.717) is 0 Å². The molecule has 0 unspecified atom stereocenters. The lowest BCUT2D eigenvalue weighted by atomic mass is 9.94. The maximum Gasteiger partial charge on any atom is 0.143 e. The Morgan fingerprint density at radius 2 is 1.77 bits per heavy atom. The Morgan fingerprint density at radius 1 is 1.14 bits per heavy atom. The molecule has 114 valence electrons. The molecule has 3 nitrogen and oxygen atoms in total. The Labute approximate surface area is 136 Å². The second-order valence-corrected chi connectivity index (χ2v) is 7.20. The number of allylic oxidation sites excluding steroid dienone is 1. The highest BCUT2D eigenvalue weighted by Crippen LogP contribution is 2.55. The Kier molecular flexibility index (Phi) is 2.99. The van der Waals surface area contributed by atoms with E-state index in [-0.39, 0.29) is 10.8 Å². The standard InChI is InChI=1S/C18H20ClN3/c1-3-8-17(9-10-17)15-20-21-16(22(15)2)18(11-12-18)13-4-6-14(19)7-5-13/h3-7H,1,8-12H2,2H3. The summed E-state index contributed by atoms with van der Waals surface area (Å²) in [6, 6.07) is 8.18. The highest BCUT2D eigenvalue weighted by atomic mass is 35.5. The van der Waals surface area contributed by atoms with Crippen LogP contribution in [-0.4, -0.2) is 14.8 Å². The van der Waals surface area contributed by atoms with E-state index in [9.17, 15) is 0 Å². The molecule has 4 rings (SSSR count). The second kappa shape index (κ2) is 4.69. The van der Waals surface area contributed by atoms with E-state index in [4.69, 9.17) is 11.6 Å². The van der Waals surface area contributed by atoms with Crippen LogP contribution in [0.2, 0.25) is 5.02 Å². The molecule has 0 bridgehead atoms. The van der Waals surface area contributed by atoms with E-state index in [1.807, 2.05) is 18.2 Å². The fraction of sp³-hybridized carbons (Fsp3) is 0.444. The first-order valence-electron chi connectivity index (χ1n) is 7.89. The summed E-state index contributed by atoms with van der Waals surface area (Å²) in [4.78, 5) is 0. The summed E-state index contributed by atoms with van der Waals surface area (Å²) < 4.78 is 2.23. The van der Waals surface area contributed by atoms with Gasteiger partial charge in [0.2, 0.25) is 0 Å². The molecule has 1 heterocycles. The van der Waals surface area contributed by atoms with Crippen molar-refractivity contribution in [2.75, 3.05) is 0 Å². The molecule has 0 aliphatic heterocycles. The number of halogens is 1. The number of hydrogen-bond donors (Lipinski definition) is 0. The van der Waals surface area contributed by atoms with Crippen LogP contribution in [0.4, 0.5) is 0 Å². The average molecular weight is 314 g/mol. The first kappa shape index (κ1) is 14.0. The zero-order valence-corrected chi connectivity index (χ0v) is 13.6. The minimum absolute atomic E-state index is 0.0366. The lowest BCUT2D eigenvalue weighted by Crippen LogP contribution is -2.18. The van der Waals surface area contributed by atoms with Crippen molar-refractivity contribution in [1.82, 2.24) is 14.8 Å². The van der Waals surface area contributed by atoms with Gasteiger partial charge in [-0.1, -0.05) is 29.8 Å². The molecule has 2 aliphatic carbocycles. The van der Waals surface area contributed by atoms with Crippen LogP contribution in [0, 0.1) is 0 Å². The first-order valence-corrected chi connectivity index (χ1v) is 8.26. The maximum atomic E-state index is 6.02. The predicted molar refractivity (Wildman–Crippen MR) is 88.2 cm³/mol. The topological polar surface area (TPSA) is 30.7 Å². The van der Waals surface area contributed by atoms with E-state index in [2.05, 4.69) is 40.5 Å². The molecular weight excluding hydrogens is 294 g/mol. The smallest absolute Gasteiger partial charge is 0.143 e. The van der Waals surface area contributed by atoms with Gasteiger partial charge in [-0.05, 0) is 49.8 Å². The average Bonchev–Trinajstić information content (AvgIpc) is 3.42. The lowest BCUT2D eigenvalue weighted by molar-refractivity contribution is 0.592. The quantitative estimate of drug-likeness (QED) is 0.776. The van der Waals surface area contributed by atoms with Gasteiger partial charge in [-0.25, -0.2) is 0 Å². The largest absolute Gasteiger partial charge is 0.317 e. The molecular formula is C18H20ClN3. The molecule has 2 saturated carbocycles. The van der Waals surface area contributed by atoms with Crippen LogP contribution in [0.5, 0.6) is 0 Å². The molecule has 0 atom stereocenters.